The molecule has 2 heterocycles. The molecule has 0 amide bonds. The van der Waals surface area contributed by atoms with Crippen molar-refractivity contribution in [3.05, 3.63) is 18.2 Å². The molecule has 3 atom stereocenters. The third-order valence-electron chi connectivity index (χ3n) is 4.30. The Bertz CT molecular complexity index is 429. The fourth-order valence-electron chi connectivity index (χ4n) is 3.35. The van der Waals surface area contributed by atoms with E-state index in [-0.39, 0.29) is 0 Å². The molecule has 0 radical (unpaired) electrons. The highest BCUT2D eigenvalue weighted by Crippen LogP contribution is 2.32. The third-order valence-corrected chi connectivity index (χ3v) is 4.30. The summed E-state index contributed by atoms with van der Waals surface area (Å²) in [6.07, 6.45) is 6.38. The van der Waals surface area contributed by atoms with Gasteiger partial charge in [-0.15, -0.1) is 0 Å². The lowest BCUT2D eigenvalue weighted by molar-refractivity contribution is 0.0923. The van der Waals surface area contributed by atoms with Gasteiger partial charge < -0.3 is 19.5 Å². The zero-order valence-electron chi connectivity index (χ0n) is 12.2. The molecule has 2 fully saturated rings. The highest BCUT2D eigenvalue weighted by atomic mass is 16.5. The lowest BCUT2D eigenvalue weighted by atomic mass is 9.85. The van der Waals surface area contributed by atoms with Crippen molar-refractivity contribution in [1.82, 2.24) is 5.32 Å². The summed E-state index contributed by atoms with van der Waals surface area (Å²) in [7, 11) is 3.32. The van der Waals surface area contributed by atoms with E-state index < -0.39 is 0 Å². The van der Waals surface area contributed by atoms with Crippen molar-refractivity contribution < 1.29 is 14.2 Å². The summed E-state index contributed by atoms with van der Waals surface area (Å²) in [4.78, 5) is 0. The van der Waals surface area contributed by atoms with Crippen molar-refractivity contribution in [2.75, 3.05) is 14.2 Å². The van der Waals surface area contributed by atoms with Crippen LogP contribution in [0.3, 0.4) is 0 Å². The molecule has 0 spiro atoms. The Balaban J connectivity index is 1.70. The Kier molecular flexibility index (Phi) is 4.01. The predicted octanol–water partition coefficient (Wildman–Crippen LogP) is 2.76. The van der Waals surface area contributed by atoms with Crippen molar-refractivity contribution in [3.8, 4) is 17.2 Å². The van der Waals surface area contributed by atoms with Gasteiger partial charge in [0.15, 0.2) is 0 Å². The van der Waals surface area contributed by atoms with Gasteiger partial charge in [-0.05, 0) is 25.7 Å². The molecule has 0 aliphatic carbocycles. The van der Waals surface area contributed by atoms with Crippen molar-refractivity contribution >= 4 is 0 Å². The van der Waals surface area contributed by atoms with Gasteiger partial charge in [-0.25, -0.2) is 0 Å². The van der Waals surface area contributed by atoms with Crippen molar-refractivity contribution in [2.24, 2.45) is 0 Å². The number of hydrogen-bond acceptors (Lipinski definition) is 4. The van der Waals surface area contributed by atoms with Crippen LogP contribution in [0.4, 0.5) is 0 Å². The van der Waals surface area contributed by atoms with Crippen molar-refractivity contribution in [3.63, 3.8) is 0 Å². The topological polar surface area (TPSA) is 39.7 Å². The first-order chi connectivity index (χ1) is 9.76. The van der Waals surface area contributed by atoms with Crippen LogP contribution in [0.15, 0.2) is 18.2 Å². The average Bonchev–Trinajstić information content (AvgIpc) is 2.46. The number of methoxy groups -OCH3 is 2. The van der Waals surface area contributed by atoms with Crippen LogP contribution in [0.2, 0.25) is 0 Å². The normalized spacial score (nSPS) is 28.8. The number of piperidine rings is 2. The summed E-state index contributed by atoms with van der Waals surface area (Å²) >= 11 is 0. The average molecular weight is 277 g/mol. The number of ether oxygens (including phenoxy) is 3. The number of hydrogen-bond donors (Lipinski definition) is 1. The first-order valence-corrected chi connectivity index (χ1v) is 7.42. The van der Waals surface area contributed by atoms with Crippen LogP contribution in [0, 0.1) is 0 Å². The molecule has 0 aromatic heterocycles. The first-order valence-electron chi connectivity index (χ1n) is 7.42. The van der Waals surface area contributed by atoms with E-state index in [2.05, 4.69) is 5.32 Å². The second-order valence-corrected chi connectivity index (χ2v) is 5.75. The summed E-state index contributed by atoms with van der Waals surface area (Å²) in [5.41, 5.74) is 0. The van der Waals surface area contributed by atoms with Crippen LogP contribution in [0.25, 0.3) is 0 Å². The molecular formula is C16H23NO3. The van der Waals surface area contributed by atoms with Crippen LogP contribution in [0.1, 0.15) is 32.1 Å². The van der Waals surface area contributed by atoms with Gasteiger partial charge in [0.1, 0.15) is 23.4 Å². The van der Waals surface area contributed by atoms with Gasteiger partial charge in [0, 0.05) is 30.3 Å². The fourth-order valence-corrected chi connectivity index (χ4v) is 3.35. The Hall–Kier alpha value is -1.42. The molecule has 0 unspecified atom stereocenters. The van der Waals surface area contributed by atoms with Crippen LogP contribution < -0.4 is 19.5 Å². The fraction of sp³-hybridized carbons (Fsp3) is 0.625. The van der Waals surface area contributed by atoms with Gasteiger partial charge in [-0.2, -0.15) is 0 Å². The van der Waals surface area contributed by atoms with E-state index in [1.54, 1.807) is 14.2 Å². The van der Waals surface area contributed by atoms with E-state index in [4.69, 9.17) is 14.2 Å². The molecular weight excluding hydrogens is 254 g/mol. The van der Waals surface area contributed by atoms with E-state index in [1.807, 2.05) is 18.2 Å². The maximum absolute atomic E-state index is 6.18. The Labute approximate surface area is 120 Å². The summed E-state index contributed by atoms with van der Waals surface area (Å²) in [5.74, 6) is 2.38. The molecule has 1 aromatic carbocycles. The van der Waals surface area contributed by atoms with Crippen LogP contribution in [-0.2, 0) is 0 Å². The number of rotatable bonds is 4. The predicted molar refractivity (Wildman–Crippen MR) is 77.8 cm³/mol. The zero-order valence-corrected chi connectivity index (χ0v) is 12.2. The molecule has 4 heteroatoms. The second kappa shape index (κ2) is 5.92. The van der Waals surface area contributed by atoms with Crippen LogP contribution >= 0.6 is 0 Å². The summed E-state index contributed by atoms with van der Waals surface area (Å²) < 4.78 is 16.8. The van der Waals surface area contributed by atoms with Gasteiger partial charge in [0.2, 0.25) is 0 Å². The van der Waals surface area contributed by atoms with Crippen molar-refractivity contribution in [1.29, 1.82) is 0 Å². The van der Waals surface area contributed by atoms with E-state index in [9.17, 15) is 0 Å². The number of fused-ring (bicyclic) bond motifs is 2. The van der Waals surface area contributed by atoms with E-state index in [0.29, 0.717) is 18.2 Å². The van der Waals surface area contributed by atoms with E-state index in [0.717, 1.165) is 30.1 Å². The van der Waals surface area contributed by atoms with Gasteiger partial charge in [-0.3, -0.25) is 0 Å². The Morgan fingerprint density at radius 1 is 0.900 bits per heavy atom. The molecule has 110 valence electrons. The van der Waals surface area contributed by atoms with Crippen LogP contribution in [0.5, 0.6) is 17.2 Å². The smallest absolute Gasteiger partial charge is 0.127 e. The summed E-state index contributed by atoms with van der Waals surface area (Å²) in [5, 5.41) is 3.68. The molecule has 2 aliphatic heterocycles. The molecule has 0 saturated carbocycles. The van der Waals surface area contributed by atoms with Crippen molar-refractivity contribution in [2.45, 2.75) is 50.3 Å². The molecule has 3 rings (SSSR count). The molecule has 4 nitrogen and oxygen atoms in total. The summed E-state index contributed by atoms with van der Waals surface area (Å²) in [6, 6.07) is 6.98. The summed E-state index contributed by atoms with van der Waals surface area (Å²) in [6.45, 7) is 0. The minimum Gasteiger partial charge on any atom is -0.496 e. The number of benzene rings is 1. The highest BCUT2D eigenvalue weighted by Gasteiger charge is 2.32. The monoisotopic (exact) mass is 277 g/mol. The SMILES string of the molecule is COc1cc(OC)cc(O[C@@H]2C[C@H]3CCC[C@@H](C2)N3)c1. The Morgan fingerprint density at radius 2 is 1.45 bits per heavy atom. The first kappa shape index (κ1) is 13.6. The van der Waals surface area contributed by atoms with E-state index >= 15 is 0 Å². The molecule has 1 N–H and O–H groups in total. The maximum atomic E-state index is 6.18. The minimum absolute atomic E-state index is 0.295. The van der Waals surface area contributed by atoms with Gasteiger partial charge in [-0.1, -0.05) is 6.42 Å². The molecule has 2 saturated heterocycles. The molecule has 2 bridgehead atoms. The standard InChI is InChI=1S/C16H23NO3/c1-18-13-8-14(19-2)10-16(9-13)20-15-6-11-4-3-5-12(7-15)17-11/h8-12,15,17H,3-7H2,1-2H3/t11-,12+,15-. The highest BCUT2D eigenvalue weighted by molar-refractivity contribution is 5.42. The molecule has 20 heavy (non-hydrogen) atoms. The lowest BCUT2D eigenvalue weighted by Gasteiger charge is -2.40. The second-order valence-electron chi connectivity index (χ2n) is 5.75. The largest absolute Gasteiger partial charge is 0.496 e. The number of nitrogens with one attached hydrogen (secondary N) is 1. The van der Waals surface area contributed by atoms with Crippen LogP contribution in [-0.4, -0.2) is 32.4 Å². The molecule has 2 aliphatic rings. The zero-order chi connectivity index (χ0) is 13.9. The van der Waals surface area contributed by atoms with Gasteiger partial charge in [0.05, 0.1) is 14.2 Å². The maximum Gasteiger partial charge on any atom is 0.127 e. The lowest BCUT2D eigenvalue weighted by Crippen LogP contribution is -2.51. The van der Waals surface area contributed by atoms with Gasteiger partial charge >= 0.3 is 0 Å². The Morgan fingerprint density at radius 3 is 2.00 bits per heavy atom. The third kappa shape index (κ3) is 3.01. The molecule has 1 aromatic rings. The van der Waals surface area contributed by atoms with Gasteiger partial charge in [0.25, 0.3) is 0 Å². The minimum atomic E-state index is 0.295. The quantitative estimate of drug-likeness (QED) is 0.918. The van der Waals surface area contributed by atoms with E-state index in [1.165, 1.54) is 19.3 Å².